The number of benzene rings is 1. The monoisotopic (exact) mass is 619 g/mol. The number of primary amides is 2. The van der Waals surface area contributed by atoms with Crippen LogP contribution in [0.4, 0.5) is 0 Å². The molecule has 0 aliphatic carbocycles. The number of nitrogens with two attached hydrogens (primary N) is 2. The Morgan fingerprint density at radius 1 is 0.773 bits per heavy atom. The molecule has 44 heavy (non-hydrogen) atoms. The molecule has 0 aromatic heterocycles. The van der Waals surface area contributed by atoms with E-state index in [0.717, 1.165) is 0 Å². The molecule has 1 aromatic rings. The number of carbonyl (C=O) groups is 7. The molecule has 0 bridgehead atoms. The molecule has 15 nitrogen and oxygen atoms in total. The standard InChI is InChI=1S/C29H45N7O8/c1-16(2)14-21(35-27(42)22(15-23(30)39)34-26(41)19-10-6-5-7-11-19)28(43)36-24(17(3)37)29(44)33-20(25(31)40)12-8-9-13-32-18(4)38/h5-7,10-11,16-17,20-22,24,37H,8-9,12-15H2,1-4H3,(H2,30,39)(H2,31,40)(H,32,38)(H,33,44)(H,34,41)(H,35,42)(H,36,43)/t17-,20+,21+,22+,24+/m1/s1. The fourth-order valence-corrected chi connectivity index (χ4v) is 4.16. The fraction of sp³-hybridized carbons (Fsp3) is 0.552. The Bertz CT molecular complexity index is 1160. The minimum Gasteiger partial charge on any atom is -0.391 e. The average molecular weight is 620 g/mol. The van der Waals surface area contributed by atoms with Crippen LogP contribution in [0, 0.1) is 5.92 Å². The number of hydrogen-bond donors (Lipinski definition) is 8. The first kappa shape index (κ1) is 37.5. The molecule has 15 heteroatoms. The lowest BCUT2D eigenvalue weighted by Gasteiger charge is -2.28. The molecule has 1 rings (SSSR count). The van der Waals surface area contributed by atoms with Crippen molar-refractivity contribution in [1.82, 2.24) is 26.6 Å². The summed E-state index contributed by atoms with van der Waals surface area (Å²) < 4.78 is 0. The van der Waals surface area contributed by atoms with Gasteiger partial charge in [-0.3, -0.25) is 33.6 Å². The highest BCUT2D eigenvalue weighted by atomic mass is 16.3. The molecule has 0 fully saturated rings. The highest BCUT2D eigenvalue weighted by molar-refractivity contribution is 6.00. The summed E-state index contributed by atoms with van der Waals surface area (Å²) in [6, 6.07) is 2.71. The van der Waals surface area contributed by atoms with Crippen molar-refractivity contribution in [2.75, 3.05) is 6.54 Å². The number of nitrogens with one attached hydrogen (secondary N) is 5. The Kier molecular flexibility index (Phi) is 16.1. The van der Waals surface area contributed by atoms with E-state index in [1.807, 2.05) is 0 Å². The van der Waals surface area contributed by atoms with E-state index < -0.39 is 72.1 Å². The van der Waals surface area contributed by atoms with Gasteiger partial charge in [0.25, 0.3) is 5.91 Å². The molecule has 244 valence electrons. The maximum Gasteiger partial charge on any atom is 0.251 e. The van der Waals surface area contributed by atoms with Crippen molar-refractivity contribution in [2.24, 2.45) is 17.4 Å². The van der Waals surface area contributed by atoms with Crippen LogP contribution in [0.25, 0.3) is 0 Å². The molecule has 0 aliphatic heterocycles. The van der Waals surface area contributed by atoms with E-state index in [-0.39, 0.29) is 30.2 Å². The van der Waals surface area contributed by atoms with E-state index >= 15 is 0 Å². The zero-order valence-corrected chi connectivity index (χ0v) is 25.6. The van der Waals surface area contributed by atoms with Crippen molar-refractivity contribution in [3.8, 4) is 0 Å². The number of carbonyl (C=O) groups excluding carboxylic acids is 7. The quantitative estimate of drug-likeness (QED) is 0.0829. The van der Waals surface area contributed by atoms with Gasteiger partial charge in [0.05, 0.1) is 12.5 Å². The number of aliphatic hydroxyl groups excluding tert-OH is 1. The van der Waals surface area contributed by atoms with Crippen LogP contribution in [0.15, 0.2) is 30.3 Å². The zero-order valence-electron chi connectivity index (χ0n) is 25.6. The van der Waals surface area contributed by atoms with Crippen LogP contribution in [0.2, 0.25) is 0 Å². The van der Waals surface area contributed by atoms with Gasteiger partial charge in [-0.25, -0.2) is 0 Å². The number of aliphatic hydroxyl groups is 1. The highest BCUT2D eigenvalue weighted by Gasteiger charge is 2.33. The Morgan fingerprint density at radius 2 is 1.36 bits per heavy atom. The maximum absolute atomic E-state index is 13.3. The summed E-state index contributed by atoms with van der Waals surface area (Å²) in [6.07, 6.45) is -0.734. The molecule has 7 amide bonds. The Morgan fingerprint density at radius 3 is 1.89 bits per heavy atom. The molecule has 0 aliphatic rings. The summed E-state index contributed by atoms with van der Waals surface area (Å²) in [5, 5.41) is 22.7. The first-order valence-corrected chi connectivity index (χ1v) is 14.4. The smallest absolute Gasteiger partial charge is 0.251 e. The number of rotatable bonds is 19. The average Bonchev–Trinajstić information content (AvgIpc) is 2.93. The van der Waals surface area contributed by atoms with Crippen molar-refractivity contribution in [3.63, 3.8) is 0 Å². The van der Waals surface area contributed by atoms with Crippen LogP contribution in [0.3, 0.4) is 0 Å². The fourth-order valence-electron chi connectivity index (χ4n) is 4.16. The van der Waals surface area contributed by atoms with Crippen molar-refractivity contribution in [1.29, 1.82) is 0 Å². The van der Waals surface area contributed by atoms with Crippen LogP contribution >= 0.6 is 0 Å². The van der Waals surface area contributed by atoms with Gasteiger partial charge in [-0.05, 0) is 50.7 Å². The second-order valence-electron chi connectivity index (χ2n) is 10.9. The van der Waals surface area contributed by atoms with Gasteiger partial charge in [-0.2, -0.15) is 0 Å². The summed E-state index contributed by atoms with van der Waals surface area (Å²) in [5.74, 6) is -5.23. The van der Waals surface area contributed by atoms with Gasteiger partial charge < -0.3 is 43.2 Å². The van der Waals surface area contributed by atoms with Crippen molar-refractivity contribution >= 4 is 41.4 Å². The molecule has 0 saturated heterocycles. The van der Waals surface area contributed by atoms with Crippen LogP contribution in [0.5, 0.6) is 0 Å². The molecular formula is C29H45N7O8. The van der Waals surface area contributed by atoms with Crippen LogP contribution in [-0.2, 0) is 28.8 Å². The van der Waals surface area contributed by atoms with E-state index in [1.165, 1.54) is 26.0 Å². The normalized spacial score (nSPS) is 14.2. The van der Waals surface area contributed by atoms with Gasteiger partial charge in [0.2, 0.25) is 35.4 Å². The minimum atomic E-state index is -1.52. The lowest BCUT2D eigenvalue weighted by molar-refractivity contribution is -0.136. The minimum absolute atomic E-state index is 0.0971. The van der Waals surface area contributed by atoms with Crippen molar-refractivity contribution in [2.45, 2.75) is 90.1 Å². The van der Waals surface area contributed by atoms with Crippen molar-refractivity contribution in [3.05, 3.63) is 35.9 Å². The molecule has 0 unspecified atom stereocenters. The van der Waals surface area contributed by atoms with E-state index in [9.17, 15) is 38.7 Å². The third-order valence-electron chi connectivity index (χ3n) is 6.42. The topological polar surface area (TPSA) is 252 Å². The predicted molar refractivity (Wildman–Crippen MR) is 160 cm³/mol. The van der Waals surface area contributed by atoms with Gasteiger partial charge >= 0.3 is 0 Å². The Balaban J connectivity index is 3.01. The summed E-state index contributed by atoms with van der Waals surface area (Å²) in [7, 11) is 0. The second-order valence-corrected chi connectivity index (χ2v) is 10.9. The summed E-state index contributed by atoms with van der Waals surface area (Å²) in [5.41, 5.74) is 11.0. The number of amides is 7. The first-order valence-electron chi connectivity index (χ1n) is 14.4. The molecule has 5 atom stereocenters. The van der Waals surface area contributed by atoms with Crippen LogP contribution in [0.1, 0.15) is 70.2 Å². The van der Waals surface area contributed by atoms with Crippen molar-refractivity contribution < 1.29 is 38.7 Å². The molecule has 1 aromatic carbocycles. The van der Waals surface area contributed by atoms with Crippen LogP contribution in [-0.4, -0.2) is 83.3 Å². The zero-order chi connectivity index (χ0) is 33.4. The van der Waals surface area contributed by atoms with Gasteiger partial charge in [0.1, 0.15) is 24.2 Å². The molecule has 0 spiro atoms. The van der Waals surface area contributed by atoms with E-state index in [2.05, 4.69) is 26.6 Å². The summed E-state index contributed by atoms with van der Waals surface area (Å²) in [4.78, 5) is 86.8. The second kappa shape index (κ2) is 18.9. The lowest BCUT2D eigenvalue weighted by Crippen LogP contribution is -2.60. The lowest BCUT2D eigenvalue weighted by atomic mass is 10.0. The molecule has 0 heterocycles. The maximum atomic E-state index is 13.3. The van der Waals surface area contributed by atoms with Gasteiger partial charge in [-0.15, -0.1) is 0 Å². The number of hydrogen-bond acceptors (Lipinski definition) is 8. The van der Waals surface area contributed by atoms with Gasteiger partial charge in [-0.1, -0.05) is 32.0 Å². The third-order valence-corrected chi connectivity index (χ3v) is 6.42. The summed E-state index contributed by atoms with van der Waals surface area (Å²) >= 11 is 0. The summed E-state index contributed by atoms with van der Waals surface area (Å²) in [6.45, 7) is 6.58. The van der Waals surface area contributed by atoms with Gasteiger partial charge in [0, 0.05) is 19.0 Å². The molecule has 10 N–H and O–H groups in total. The molecule has 0 radical (unpaired) electrons. The number of unbranched alkanes of at least 4 members (excludes halogenated alkanes) is 1. The Hall–Kier alpha value is -4.53. The van der Waals surface area contributed by atoms with E-state index in [0.29, 0.717) is 19.4 Å². The van der Waals surface area contributed by atoms with Gasteiger partial charge in [0.15, 0.2) is 0 Å². The largest absolute Gasteiger partial charge is 0.391 e. The highest BCUT2D eigenvalue weighted by Crippen LogP contribution is 2.09. The SMILES string of the molecule is CC(=O)NCCCC[C@H](NC(=O)[C@@H](NC(=O)[C@H](CC(C)C)NC(=O)[C@H](CC(N)=O)NC(=O)c1ccccc1)[C@@H](C)O)C(N)=O. The first-order chi connectivity index (χ1) is 20.6. The molecular weight excluding hydrogens is 574 g/mol. The van der Waals surface area contributed by atoms with E-state index in [1.54, 1.807) is 32.0 Å². The van der Waals surface area contributed by atoms with E-state index in [4.69, 9.17) is 11.5 Å². The van der Waals surface area contributed by atoms with Crippen LogP contribution < -0.4 is 38.1 Å². The predicted octanol–water partition coefficient (Wildman–Crippen LogP) is -1.67. The Labute approximate surface area is 256 Å². The third kappa shape index (κ3) is 14.1. The molecule has 0 saturated carbocycles.